The van der Waals surface area contributed by atoms with E-state index in [9.17, 15) is 4.79 Å². The SMILES string of the molecule is COC(=O)CCSc1cccc(N2CCN(C)CC2)c1. The summed E-state index contributed by atoms with van der Waals surface area (Å²) in [5.41, 5.74) is 1.28. The Morgan fingerprint density at radius 3 is 2.75 bits per heavy atom. The Bertz CT molecular complexity index is 445. The van der Waals surface area contributed by atoms with Gasteiger partial charge in [-0.2, -0.15) is 0 Å². The maximum atomic E-state index is 11.1. The van der Waals surface area contributed by atoms with E-state index < -0.39 is 0 Å². The van der Waals surface area contributed by atoms with Crippen LogP contribution in [0.1, 0.15) is 6.42 Å². The summed E-state index contributed by atoms with van der Waals surface area (Å²) in [7, 11) is 3.59. The lowest BCUT2D eigenvalue weighted by Gasteiger charge is -2.34. The zero-order chi connectivity index (χ0) is 14.4. The van der Waals surface area contributed by atoms with E-state index in [0.717, 1.165) is 31.9 Å². The molecule has 1 heterocycles. The van der Waals surface area contributed by atoms with Crippen LogP contribution in [0, 0.1) is 0 Å². The molecule has 20 heavy (non-hydrogen) atoms. The number of ether oxygens (including phenoxy) is 1. The van der Waals surface area contributed by atoms with Gasteiger partial charge in [-0.25, -0.2) is 0 Å². The molecule has 1 saturated heterocycles. The molecule has 0 unspecified atom stereocenters. The molecule has 0 aliphatic carbocycles. The number of rotatable bonds is 5. The maximum absolute atomic E-state index is 11.1. The molecule has 0 radical (unpaired) electrons. The second-order valence-electron chi connectivity index (χ2n) is 4.96. The number of thioether (sulfide) groups is 1. The highest BCUT2D eigenvalue weighted by Gasteiger charge is 2.14. The number of carbonyl (C=O) groups is 1. The summed E-state index contributed by atoms with van der Waals surface area (Å²) in [6.07, 6.45) is 0.458. The second-order valence-corrected chi connectivity index (χ2v) is 6.13. The van der Waals surface area contributed by atoms with Gasteiger partial charge in [0, 0.05) is 42.5 Å². The standard InChI is InChI=1S/C15H22N2O2S/c1-16-7-9-17(10-8-16)13-4-3-5-14(12-13)20-11-6-15(18)19-2/h3-5,12H,6-11H2,1-2H3. The van der Waals surface area contributed by atoms with Crippen molar-refractivity contribution in [3.63, 3.8) is 0 Å². The smallest absolute Gasteiger partial charge is 0.306 e. The predicted octanol–water partition coefficient (Wildman–Crippen LogP) is 2.09. The van der Waals surface area contributed by atoms with Crippen molar-refractivity contribution in [1.29, 1.82) is 0 Å². The minimum atomic E-state index is -0.146. The van der Waals surface area contributed by atoms with Crippen molar-refractivity contribution < 1.29 is 9.53 Å². The highest BCUT2D eigenvalue weighted by Crippen LogP contribution is 2.25. The molecule has 0 N–H and O–H groups in total. The summed E-state index contributed by atoms with van der Waals surface area (Å²) in [6.45, 7) is 4.37. The third-order valence-corrected chi connectivity index (χ3v) is 4.48. The van der Waals surface area contributed by atoms with E-state index in [2.05, 4.69) is 45.8 Å². The van der Waals surface area contributed by atoms with E-state index in [-0.39, 0.29) is 5.97 Å². The molecule has 0 aromatic heterocycles. The summed E-state index contributed by atoms with van der Waals surface area (Å²) < 4.78 is 4.65. The fourth-order valence-electron chi connectivity index (χ4n) is 2.19. The monoisotopic (exact) mass is 294 g/mol. The Morgan fingerprint density at radius 1 is 1.30 bits per heavy atom. The molecular weight excluding hydrogens is 272 g/mol. The van der Waals surface area contributed by atoms with Crippen LogP contribution >= 0.6 is 11.8 Å². The lowest BCUT2D eigenvalue weighted by Crippen LogP contribution is -2.44. The van der Waals surface area contributed by atoms with Crippen LogP contribution in [0.5, 0.6) is 0 Å². The number of likely N-dealkylation sites (N-methyl/N-ethyl adjacent to an activating group) is 1. The van der Waals surface area contributed by atoms with Crippen molar-refractivity contribution in [2.45, 2.75) is 11.3 Å². The number of piperazine rings is 1. The Labute approximate surface area is 125 Å². The van der Waals surface area contributed by atoms with E-state index in [1.807, 2.05) is 0 Å². The van der Waals surface area contributed by atoms with Gasteiger partial charge in [0.1, 0.15) is 0 Å². The summed E-state index contributed by atoms with van der Waals surface area (Å²) in [5.74, 6) is 0.617. The van der Waals surface area contributed by atoms with E-state index >= 15 is 0 Å². The quantitative estimate of drug-likeness (QED) is 0.613. The van der Waals surface area contributed by atoms with E-state index in [4.69, 9.17) is 0 Å². The molecule has 1 aromatic rings. The highest BCUT2D eigenvalue weighted by molar-refractivity contribution is 7.99. The average molecular weight is 294 g/mol. The first kappa shape index (κ1) is 15.2. The highest BCUT2D eigenvalue weighted by atomic mass is 32.2. The van der Waals surface area contributed by atoms with Gasteiger partial charge in [-0.3, -0.25) is 4.79 Å². The van der Waals surface area contributed by atoms with Crippen LogP contribution < -0.4 is 4.90 Å². The van der Waals surface area contributed by atoms with Crippen LogP contribution in [-0.2, 0) is 9.53 Å². The van der Waals surface area contributed by atoms with Gasteiger partial charge in [0.15, 0.2) is 0 Å². The van der Waals surface area contributed by atoms with Crippen molar-refractivity contribution in [3.05, 3.63) is 24.3 Å². The minimum absolute atomic E-state index is 0.146. The molecule has 1 aliphatic heterocycles. The fraction of sp³-hybridized carbons (Fsp3) is 0.533. The van der Waals surface area contributed by atoms with Gasteiger partial charge >= 0.3 is 5.97 Å². The first-order valence-corrected chi connectivity index (χ1v) is 7.91. The Morgan fingerprint density at radius 2 is 2.05 bits per heavy atom. The normalized spacial score (nSPS) is 16.2. The van der Waals surface area contributed by atoms with Crippen LogP contribution in [0.15, 0.2) is 29.2 Å². The van der Waals surface area contributed by atoms with Gasteiger partial charge in [-0.15, -0.1) is 11.8 Å². The molecule has 5 heteroatoms. The third-order valence-electron chi connectivity index (χ3n) is 3.49. The lowest BCUT2D eigenvalue weighted by molar-refractivity contribution is -0.140. The fourth-order valence-corrected chi connectivity index (χ4v) is 3.07. The molecule has 0 saturated carbocycles. The number of hydrogen-bond acceptors (Lipinski definition) is 5. The summed E-state index contributed by atoms with van der Waals surface area (Å²) >= 11 is 1.70. The first-order valence-electron chi connectivity index (χ1n) is 6.92. The van der Waals surface area contributed by atoms with Gasteiger partial charge in [-0.1, -0.05) is 6.07 Å². The molecule has 0 amide bonds. The third kappa shape index (κ3) is 4.42. The van der Waals surface area contributed by atoms with Gasteiger partial charge in [0.05, 0.1) is 13.5 Å². The van der Waals surface area contributed by atoms with Gasteiger partial charge in [-0.05, 0) is 25.2 Å². The molecule has 4 nitrogen and oxygen atoms in total. The number of methoxy groups -OCH3 is 1. The Kier molecular flexibility index (Phi) is 5.73. The zero-order valence-electron chi connectivity index (χ0n) is 12.2. The lowest BCUT2D eigenvalue weighted by atomic mass is 10.2. The van der Waals surface area contributed by atoms with E-state index in [1.165, 1.54) is 17.7 Å². The van der Waals surface area contributed by atoms with Crippen molar-refractivity contribution in [2.24, 2.45) is 0 Å². The molecule has 1 fully saturated rings. The summed E-state index contributed by atoms with van der Waals surface area (Å²) in [4.78, 5) is 17.1. The maximum Gasteiger partial charge on any atom is 0.306 e. The van der Waals surface area contributed by atoms with E-state index in [0.29, 0.717) is 6.42 Å². The summed E-state index contributed by atoms with van der Waals surface area (Å²) in [5, 5.41) is 0. The molecular formula is C15H22N2O2S. The molecule has 0 spiro atoms. The zero-order valence-corrected chi connectivity index (χ0v) is 13.0. The van der Waals surface area contributed by atoms with Crippen LogP contribution in [0.3, 0.4) is 0 Å². The van der Waals surface area contributed by atoms with Crippen molar-refractivity contribution in [3.8, 4) is 0 Å². The molecule has 110 valence electrons. The number of benzene rings is 1. The van der Waals surface area contributed by atoms with Gasteiger partial charge in [0.25, 0.3) is 0 Å². The number of hydrogen-bond donors (Lipinski definition) is 0. The number of anilines is 1. The molecule has 0 bridgehead atoms. The molecule has 1 aromatic carbocycles. The van der Waals surface area contributed by atoms with Crippen LogP contribution in [0.25, 0.3) is 0 Å². The van der Waals surface area contributed by atoms with Crippen molar-refractivity contribution >= 4 is 23.4 Å². The van der Waals surface area contributed by atoms with Crippen LogP contribution in [-0.4, -0.2) is 57.0 Å². The second kappa shape index (κ2) is 7.55. The Hall–Kier alpha value is -1.20. The first-order chi connectivity index (χ1) is 9.69. The number of nitrogens with zero attached hydrogens (tertiary/aromatic N) is 2. The van der Waals surface area contributed by atoms with Gasteiger partial charge in [0.2, 0.25) is 0 Å². The van der Waals surface area contributed by atoms with Gasteiger partial charge < -0.3 is 14.5 Å². The molecule has 2 rings (SSSR count). The Balaban J connectivity index is 1.89. The molecule has 1 aliphatic rings. The van der Waals surface area contributed by atoms with E-state index in [1.54, 1.807) is 11.8 Å². The van der Waals surface area contributed by atoms with Crippen molar-refractivity contribution in [2.75, 3.05) is 51.0 Å². The van der Waals surface area contributed by atoms with Crippen LogP contribution in [0.2, 0.25) is 0 Å². The topological polar surface area (TPSA) is 32.8 Å². The average Bonchev–Trinajstić information content (AvgIpc) is 2.48. The van der Waals surface area contributed by atoms with Crippen LogP contribution in [0.4, 0.5) is 5.69 Å². The predicted molar refractivity (Wildman–Crippen MR) is 83.5 cm³/mol. The molecule has 0 atom stereocenters. The van der Waals surface area contributed by atoms with Crippen molar-refractivity contribution in [1.82, 2.24) is 4.90 Å². The summed E-state index contributed by atoms with van der Waals surface area (Å²) in [6, 6.07) is 8.57. The number of carbonyl (C=O) groups excluding carboxylic acids is 1. The number of esters is 1. The minimum Gasteiger partial charge on any atom is -0.469 e. The largest absolute Gasteiger partial charge is 0.469 e.